The molecular formula is C23H19FN4O5S. The molecular weight excluding hydrogens is 463 g/mol. The van der Waals surface area contributed by atoms with Crippen molar-refractivity contribution < 1.29 is 22.3 Å². The highest BCUT2D eigenvalue weighted by Crippen LogP contribution is 2.30. The Morgan fingerprint density at radius 3 is 2.38 bits per heavy atom. The lowest BCUT2D eigenvalue weighted by Crippen LogP contribution is -2.25. The number of hydrogen-bond donors (Lipinski definition) is 2. The first kappa shape index (κ1) is 22.9. The Kier molecular flexibility index (Phi) is 6.03. The third kappa shape index (κ3) is 4.46. The van der Waals surface area contributed by atoms with Crippen molar-refractivity contribution in [3.63, 3.8) is 0 Å². The second kappa shape index (κ2) is 8.94. The summed E-state index contributed by atoms with van der Waals surface area (Å²) >= 11 is 0. The van der Waals surface area contributed by atoms with Crippen molar-refractivity contribution in [3.8, 4) is 5.75 Å². The van der Waals surface area contributed by atoms with E-state index in [1.54, 1.807) is 24.3 Å². The molecule has 1 aromatic heterocycles. The van der Waals surface area contributed by atoms with Crippen LogP contribution in [0.1, 0.15) is 10.5 Å². The van der Waals surface area contributed by atoms with Gasteiger partial charge in [0.05, 0.1) is 23.1 Å². The van der Waals surface area contributed by atoms with E-state index in [9.17, 15) is 22.4 Å². The van der Waals surface area contributed by atoms with Gasteiger partial charge >= 0.3 is 0 Å². The predicted octanol–water partition coefficient (Wildman–Crippen LogP) is 3.13. The summed E-state index contributed by atoms with van der Waals surface area (Å²) in [4.78, 5) is 25.2. The molecule has 0 aliphatic carbocycles. The number of sulfonamides is 1. The van der Waals surface area contributed by atoms with Gasteiger partial charge in [0.15, 0.2) is 5.69 Å². The summed E-state index contributed by atoms with van der Waals surface area (Å²) in [5, 5.41) is 7.47. The van der Waals surface area contributed by atoms with Crippen LogP contribution < -0.4 is 20.3 Å². The molecule has 34 heavy (non-hydrogen) atoms. The van der Waals surface area contributed by atoms with Gasteiger partial charge in [-0.15, -0.1) is 0 Å². The van der Waals surface area contributed by atoms with E-state index in [0.717, 1.165) is 28.9 Å². The molecule has 0 saturated heterocycles. The first-order valence-corrected chi connectivity index (χ1v) is 11.4. The van der Waals surface area contributed by atoms with Gasteiger partial charge in [-0.1, -0.05) is 18.2 Å². The largest absolute Gasteiger partial charge is 0.495 e. The van der Waals surface area contributed by atoms with E-state index in [4.69, 9.17) is 4.74 Å². The maximum atomic E-state index is 13.2. The van der Waals surface area contributed by atoms with Crippen LogP contribution in [-0.2, 0) is 17.1 Å². The summed E-state index contributed by atoms with van der Waals surface area (Å²) in [5.74, 6) is -0.959. The van der Waals surface area contributed by atoms with Gasteiger partial charge in [0.1, 0.15) is 11.6 Å². The van der Waals surface area contributed by atoms with Crippen LogP contribution in [0.15, 0.2) is 76.4 Å². The topological polar surface area (TPSA) is 119 Å². The number of fused-ring (bicyclic) bond motifs is 1. The number of carbonyl (C=O) groups excluding carboxylic acids is 1. The number of anilines is 2. The van der Waals surface area contributed by atoms with Gasteiger partial charge in [-0.25, -0.2) is 17.5 Å². The predicted molar refractivity (Wildman–Crippen MR) is 125 cm³/mol. The van der Waals surface area contributed by atoms with E-state index in [1.807, 2.05) is 0 Å². The molecule has 9 nitrogen and oxygen atoms in total. The number of nitrogens with zero attached hydrogens (tertiary/aromatic N) is 2. The lowest BCUT2D eigenvalue weighted by atomic mass is 10.1. The molecule has 174 valence electrons. The summed E-state index contributed by atoms with van der Waals surface area (Å²) in [6.45, 7) is 0. The van der Waals surface area contributed by atoms with E-state index in [2.05, 4.69) is 15.1 Å². The number of nitrogens with one attached hydrogen (secondary N) is 2. The Labute approximate surface area is 193 Å². The number of halogens is 1. The van der Waals surface area contributed by atoms with Gasteiger partial charge in [0.25, 0.3) is 21.5 Å². The molecule has 4 aromatic rings. The Balaban J connectivity index is 1.67. The fraction of sp³-hybridized carbons (Fsp3) is 0.0870. The van der Waals surface area contributed by atoms with Gasteiger partial charge in [0, 0.05) is 18.1 Å². The average Bonchev–Trinajstić information content (AvgIpc) is 2.81. The SMILES string of the molecule is COc1ccc(NC(=O)c2nn(C)c(=O)c3ccccc23)cc1NS(=O)(=O)c1ccc(F)cc1. The molecule has 3 aromatic carbocycles. The lowest BCUT2D eigenvalue weighted by Gasteiger charge is -2.14. The standard InChI is InChI=1S/C23H19FN4O5S/c1-28-23(30)18-6-4-3-5-17(18)21(26-28)22(29)25-15-9-12-20(33-2)19(13-15)27-34(31,32)16-10-7-14(24)8-11-16/h3-13,27H,1-2H3,(H,25,29). The summed E-state index contributed by atoms with van der Waals surface area (Å²) in [5.41, 5.74) is 0.00119. The summed E-state index contributed by atoms with van der Waals surface area (Å²) < 4.78 is 47.3. The molecule has 0 unspecified atom stereocenters. The van der Waals surface area contributed by atoms with Crippen LogP contribution in [0.3, 0.4) is 0 Å². The van der Waals surface area contributed by atoms with E-state index < -0.39 is 21.7 Å². The zero-order valence-corrected chi connectivity index (χ0v) is 18.9. The van der Waals surface area contributed by atoms with E-state index in [1.165, 1.54) is 32.4 Å². The normalized spacial score (nSPS) is 11.3. The maximum Gasteiger partial charge on any atom is 0.276 e. The molecule has 1 heterocycles. The number of carbonyl (C=O) groups is 1. The molecule has 0 spiro atoms. The lowest BCUT2D eigenvalue weighted by molar-refractivity contribution is 0.102. The fourth-order valence-electron chi connectivity index (χ4n) is 3.34. The van der Waals surface area contributed by atoms with Crippen molar-refractivity contribution in [1.82, 2.24) is 9.78 Å². The van der Waals surface area contributed by atoms with Gasteiger partial charge in [-0.05, 0) is 48.5 Å². The van der Waals surface area contributed by atoms with Crippen LogP contribution >= 0.6 is 0 Å². The maximum absolute atomic E-state index is 13.2. The Bertz CT molecular complexity index is 1570. The van der Waals surface area contributed by atoms with Crippen LogP contribution in [0, 0.1) is 5.82 Å². The average molecular weight is 482 g/mol. The Morgan fingerprint density at radius 1 is 1.03 bits per heavy atom. The van der Waals surface area contributed by atoms with Crippen molar-refractivity contribution in [3.05, 3.63) is 88.6 Å². The van der Waals surface area contributed by atoms with Crippen molar-refractivity contribution in [2.45, 2.75) is 4.90 Å². The summed E-state index contributed by atoms with van der Waals surface area (Å²) in [7, 11) is -1.25. The molecule has 0 aliphatic rings. The minimum atomic E-state index is -4.06. The molecule has 0 aliphatic heterocycles. The number of benzene rings is 3. The second-order valence-corrected chi connectivity index (χ2v) is 8.93. The zero-order chi connectivity index (χ0) is 24.5. The minimum absolute atomic E-state index is 0.0296. The molecule has 0 saturated carbocycles. The number of aromatic nitrogens is 2. The van der Waals surface area contributed by atoms with E-state index in [0.29, 0.717) is 10.8 Å². The van der Waals surface area contributed by atoms with Crippen LogP contribution in [-0.4, -0.2) is 31.2 Å². The molecule has 0 fully saturated rings. The van der Waals surface area contributed by atoms with Crippen molar-refractivity contribution in [2.75, 3.05) is 17.1 Å². The van der Waals surface area contributed by atoms with Gasteiger partial charge in [0.2, 0.25) is 0 Å². The molecule has 2 N–H and O–H groups in total. The van der Waals surface area contributed by atoms with Gasteiger partial charge < -0.3 is 10.1 Å². The number of hydrogen-bond acceptors (Lipinski definition) is 6. The minimum Gasteiger partial charge on any atom is -0.495 e. The monoisotopic (exact) mass is 482 g/mol. The second-order valence-electron chi connectivity index (χ2n) is 7.25. The molecule has 0 radical (unpaired) electrons. The van der Waals surface area contributed by atoms with Crippen LogP contribution in [0.2, 0.25) is 0 Å². The smallest absolute Gasteiger partial charge is 0.276 e. The van der Waals surface area contributed by atoms with Crippen LogP contribution in [0.25, 0.3) is 10.8 Å². The van der Waals surface area contributed by atoms with Crippen molar-refractivity contribution >= 4 is 38.1 Å². The number of amides is 1. The quantitative estimate of drug-likeness (QED) is 0.436. The third-order valence-corrected chi connectivity index (χ3v) is 6.38. The molecule has 0 atom stereocenters. The molecule has 1 amide bonds. The van der Waals surface area contributed by atoms with Crippen LogP contribution in [0.4, 0.5) is 15.8 Å². The van der Waals surface area contributed by atoms with E-state index in [-0.39, 0.29) is 33.3 Å². The number of methoxy groups -OCH3 is 1. The number of aryl methyl sites for hydroxylation is 1. The summed E-state index contributed by atoms with van der Waals surface area (Å²) in [6, 6.07) is 15.3. The molecule has 0 bridgehead atoms. The number of rotatable bonds is 6. The summed E-state index contributed by atoms with van der Waals surface area (Å²) in [6.07, 6.45) is 0. The third-order valence-electron chi connectivity index (χ3n) is 5.00. The molecule has 11 heteroatoms. The Hall–Kier alpha value is -4.25. The highest BCUT2D eigenvalue weighted by molar-refractivity contribution is 7.92. The zero-order valence-electron chi connectivity index (χ0n) is 18.1. The Morgan fingerprint density at radius 2 is 1.71 bits per heavy atom. The first-order chi connectivity index (χ1) is 16.2. The fourth-order valence-corrected chi connectivity index (χ4v) is 4.40. The van der Waals surface area contributed by atoms with E-state index >= 15 is 0 Å². The first-order valence-electron chi connectivity index (χ1n) is 9.93. The van der Waals surface area contributed by atoms with Gasteiger partial charge in [-0.3, -0.25) is 14.3 Å². The van der Waals surface area contributed by atoms with Crippen molar-refractivity contribution in [1.29, 1.82) is 0 Å². The van der Waals surface area contributed by atoms with Crippen LogP contribution in [0.5, 0.6) is 5.75 Å². The number of ether oxygens (including phenoxy) is 1. The highest BCUT2D eigenvalue weighted by atomic mass is 32.2. The van der Waals surface area contributed by atoms with Crippen molar-refractivity contribution in [2.24, 2.45) is 7.05 Å². The molecule has 4 rings (SSSR count). The highest BCUT2D eigenvalue weighted by Gasteiger charge is 2.19. The van der Waals surface area contributed by atoms with Gasteiger partial charge in [-0.2, -0.15) is 5.10 Å².